The molecule has 1 heterocycles. The number of ether oxygens (including phenoxy) is 2. The molecule has 1 unspecified atom stereocenters. The van der Waals surface area contributed by atoms with Crippen LogP contribution in [0.1, 0.15) is 51.2 Å². The standard InChI is InChI=1S/C40H46N2O5S/c1-4-5-22-46-23-24-47-36-15-10-30(11-16-36)31-12-19-38-34(25-31)26-32(20-21-42(38)27-29(2)3)40(44)41-35-13-17-37(18-14-35)48(45)28-33-8-6-7-9-39(33)43/h6-19,25-26,29,43H,4-5,20-24,27-28H2,1-3H3,(H,41,44). The predicted octanol–water partition coefficient (Wildman–Crippen LogP) is 8.45. The molecule has 0 saturated carbocycles. The molecule has 0 fully saturated rings. The van der Waals surface area contributed by atoms with Crippen molar-refractivity contribution >= 4 is 34.2 Å². The molecule has 48 heavy (non-hydrogen) atoms. The molecule has 1 amide bonds. The number of carbonyl (C=O) groups is 1. The van der Waals surface area contributed by atoms with Gasteiger partial charge in [-0.1, -0.05) is 63.6 Å². The Morgan fingerprint density at radius 1 is 0.938 bits per heavy atom. The summed E-state index contributed by atoms with van der Waals surface area (Å²) >= 11 is 0. The average molecular weight is 667 g/mol. The molecule has 0 saturated heterocycles. The molecule has 2 N–H and O–H groups in total. The quantitative estimate of drug-likeness (QED) is 0.124. The zero-order chi connectivity index (χ0) is 33.9. The van der Waals surface area contributed by atoms with E-state index in [1.54, 1.807) is 42.5 Å². The van der Waals surface area contributed by atoms with Gasteiger partial charge in [0.15, 0.2) is 0 Å². The molecule has 4 aromatic rings. The van der Waals surface area contributed by atoms with Crippen LogP contribution in [0.5, 0.6) is 11.5 Å². The van der Waals surface area contributed by atoms with Gasteiger partial charge in [0, 0.05) is 47.1 Å². The van der Waals surface area contributed by atoms with Gasteiger partial charge in [0.1, 0.15) is 18.1 Å². The summed E-state index contributed by atoms with van der Waals surface area (Å²) in [6.45, 7) is 10.1. The molecule has 0 bridgehead atoms. The first-order valence-electron chi connectivity index (χ1n) is 16.8. The van der Waals surface area contributed by atoms with Crippen molar-refractivity contribution in [2.24, 2.45) is 5.92 Å². The maximum atomic E-state index is 13.6. The molecule has 0 spiro atoms. The summed E-state index contributed by atoms with van der Waals surface area (Å²) in [6, 6.07) is 28.6. The minimum atomic E-state index is -1.33. The van der Waals surface area contributed by atoms with E-state index in [1.165, 1.54) is 0 Å². The van der Waals surface area contributed by atoms with Crippen molar-refractivity contribution in [1.29, 1.82) is 0 Å². The Morgan fingerprint density at radius 3 is 2.42 bits per heavy atom. The van der Waals surface area contributed by atoms with E-state index in [-0.39, 0.29) is 17.4 Å². The van der Waals surface area contributed by atoms with Gasteiger partial charge in [-0.15, -0.1) is 0 Å². The third-order valence-corrected chi connectivity index (χ3v) is 9.58. The molecule has 1 aliphatic heterocycles. The van der Waals surface area contributed by atoms with E-state index in [2.05, 4.69) is 61.3 Å². The number of phenols is 1. The van der Waals surface area contributed by atoms with Gasteiger partial charge >= 0.3 is 0 Å². The highest BCUT2D eigenvalue weighted by Gasteiger charge is 2.21. The molecule has 7 nitrogen and oxygen atoms in total. The number of hydrogen-bond acceptors (Lipinski definition) is 6. The van der Waals surface area contributed by atoms with Crippen molar-refractivity contribution in [2.75, 3.05) is 43.1 Å². The van der Waals surface area contributed by atoms with Gasteiger partial charge in [0.05, 0.1) is 23.2 Å². The Bertz CT molecular complexity index is 1720. The van der Waals surface area contributed by atoms with Crippen LogP contribution < -0.4 is 15.0 Å². The van der Waals surface area contributed by atoms with E-state index in [9.17, 15) is 14.1 Å². The second-order valence-corrected chi connectivity index (χ2v) is 13.9. The van der Waals surface area contributed by atoms with Crippen molar-refractivity contribution in [3.63, 3.8) is 0 Å². The molecule has 5 rings (SSSR count). The van der Waals surface area contributed by atoms with Crippen LogP contribution in [-0.2, 0) is 26.1 Å². The largest absolute Gasteiger partial charge is 0.508 e. The van der Waals surface area contributed by atoms with Gasteiger partial charge in [-0.05, 0) is 96.1 Å². The fourth-order valence-electron chi connectivity index (χ4n) is 5.65. The molecule has 0 aromatic heterocycles. The number of phenolic OH excluding ortho intramolecular Hbond substituents is 1. The smallest absolute Gasteiger partial charge is 0.251 e. The van der Waals surface area contributed by atoms with Gasteiger partial charge in [-0.2, -0.15) is 0 Å². The number of hydrogen-bond donors (Lipinski definition) is 2. The Morgan fingerprint density at radius 2 is 1.69 bits per heavy atom. The minimum Gasteiger partial charge on any atom is -0.508 e. The lowest BCUT2D eigenvalue weighted by molar-refractivity contribution is -0.112. The lowest BCUT2D eigenvalue weighted by atomic mass is 10.00. The van der Waals surface area contributed by atoms with E-state index in [1.807, 2.05) is 24.3 Å². The van der Waals surface area contributed by atoms with Gasteiger partial charge in [-0.25, -0.2) is 0 Å². The summed E-state index contributed by atoms with van der Waals surface area (Å²) in [4.78, 5) is 16.6. The molecule has 252 valence electrons. The first-order chi connectivity index (χ1) is 23.3. The number of nitrogens with zero attached hydrogens (tertiary/aromatic N) is 1. The number of amides is 1. The van der Waals surface area contributed by atoms with Crippen LogP contribution in [0, 0.1) is 5.92 Å². The number of nitrogens with one attached hydrogen (secondary N) is 1. The fourth-order valence-corrected chi connectivity index (χ4v) is 6.79. The molecule has 4 aromatic carbocycles. The number of fused-ring (bicyclic) bond motifs is 1. The maximum absolute atomic E-state index is 13.6. The second kappa shape index (κ2) is 17.1. The topological polar surface area (TPSA) is 88.1 Å². The predicted molar refractivity (Wildman–Crippen MR) is 196 cm³/mol. The Balaban J connectivity index is 1.29. The number of anilines is 2. The van der Waals surface area contributed by atoms with E-state index in [0.717, 1.165) is 60.7 Å². The summed E-state index contributed by atoms with van der Waals surface area (Å²) in [5.74, 6) is 1.47. The van der Waals surface area contributed by atoms with Crippen molar-refractivity contribution < 1.29 is 23.6 Å². The summed E-state index contributed by atoms with van der Waals surface area (Å²) in [5, 5.41) is 13.1. The normalized spacial score (nSPS) is 13.4. The van der Waals surface area contributed by atoms with Gasteiger partial charge in [-0.3, -0.25) is 9.00 Å². The van der Waals surface area contributed by atoms with Gasteiger partial charge in [0.2, 0.25) is 0 Å². The SMILES string of the molecule is CCCCOCCOc1ccc(-c2ccc3c(c2)C=C(C(=O)Nc2ccc(S(=O)Cc4ccccc4O)cc2)CCN3CC(C)C)cc1. The highest BCUT2D eigenvalue weighted by Crippen LogP contribution is 2.34. The summed E-state index contributed by atoms with van der Waals surface area (Å²) in [5.41, 5.74) is 6.24. The second-order valence-electron chi connectivity index (χ2n) is 12.5. The number of benzene rings is 4. The zero-order valence-electron chi connectivity index (χ0n) is 28.1. The monoisotopic (exact) mass is 666 g/mol. The highest BCUT2D eigenvalue weighted by atomic mass is 32.2. The zero-order valence-corrected chi connectivity index (χ0v) is 28.9. The number of aromatic hydroxyl groups is 1. The number of para-hydroxylation sites is 1. The van der Waals surface area contributed by atoms with E-state index in [4.69, 9.17) is 9.47 Å². The summed E-state index contributed by atoms with van der Waals surface area (Å²) in [7, 11) is -1.33. The van der Waals surface area contributed by atoms with Gasteiger partial charge in [0.25, 0.3) is 5.91 Å². The molecular weight excluding hydrogens is 621 g/mol. The molecular formula is C40H46N2O5S. The molecule has 1 atom stereocenters. The number of carbonyl (C=O) groups excluding carboxylic acids is 1. The van der Waals surface area contributed by atoms with Crippen LogP contribution >= 0.6 is 0 Å². The number of unbranched alkanes of at least 4 members (excludes halogenated alkanes) is 1. The van der Waals surface area contributed by atoms with E-state index in [0.29, 0.717) is 47.3 Å². The average Bonchev–Trinajstić information content (AvgIpc) is 3.26. The summed E-state index contributed by atoms with van der Waals surface area (Å²) in [6.07, 6.45) is 4.81. The van der Waals surface area contributed by atoms with Crippen LogP contribution in [0.4, 0.5) is 11.4 Å². The van der Waals surface area contributed by atoms with Crippen LogP contribution in [-0.4, -0.2) is 48.1 Å². The molecule has 1 aliphatic rings. The minimum absolute atomic E-state index is 0.134. The van der Waals surface area contributed by atoms with Gasteiger partial charge < -0.3 is 24.8 Å². The maximum Gasteiger partial charge on any atom is 0.251 e. The fraction of sp³-hybridized carbons (Fsp3) is 0.325. The van der Waals surface area contributed by atoms with Crippen LogP contribution in [0.25, 0.3) is 17.2 Å². The third kappa shape index (κ3) is 9.58. The Labute approximate surface area is 287 Å². The first kappa shape index (κ1) is 34.9. The molecule has 8 heteroatoms. The van der Waals surface area contributed by atoms with Crippen molar-refractivity contribution in [2.45, 2.75) is 50.7 Å². The van der Waals surface area contributed by atoms with Crippen molar-refractivity contribution in [3.05, 3.63) is 108 Å². The lowest BCUT2D eigenvalue weighted by Gasteiger charge is -2.27. The third-order valence-electron chi connectivity index (χ3n) is 8.21. The van der Waals surface area contributed by atoms with E-state index < -0.39 is 10.8 Å². The lowest BCUT2D eigenvalue weighted by Crippen LogP contribution is -2.29. The number of rotatable bonds is 15. The highest BCUT2D eigenvalue weighted by molar-refractivity contribution is 7.84. The Kier molecular flexibility index (Phi) is 12.5. The van der Waals surface area contributed by atoms with Crippen LogP contribution in [0.3, 0.4) is 0 Å². The summed E-state index contributed by atoms with van der Waals surface area (Å²) < 4.78 is 24.4. The molecule has 0 radical (unpaired) electrons. The van der Waals surface area contributed by atoms with Crippen molar-refractivity contribution in [1.82, 2.24) is 0 Å². The van der Waals surface area contributed by atoms with Crippen LogP contribution in [0.15, 0.2) is 101 Å². The molecule has 0 aliphatic carbocycles. The van der Waals surface area contributed by atoms with Crippen molar-refractivity contribution in [3.8, 4) is 22.6 Å². The first-order valence-corrected chi connectivity index (χ1v) is 18.1. The van der Waals surface area contributed by atoms with Crippen LogP contribution in [0.2, 0.25) is 0 Å². The Hall–Kier alpha value is -4.40. The van der Waals surface area contributed by atoms with E-state index >= 15 is 0 Å².